The maximum absolute atomic E-state index is 12.4. The number of hydrogen-bond donors (Lipinski definition) is 1. The van der Waals surface area contributed by atoms with Crippen molar-refractivity contribution in [2.24, 2.45) is 5.92 Å². The molecule has 110 valence electrons. The summed E-state index contributed by atoms with van der Waals surface area (Å²) < 4.78 is 0. The second kappa shape index (κ2) is 5.95. The Balaban J connectivity index is 1.67. The second-order valence-electron chi connectivity index (χ2n) is 5.47. The molecule has 0 aromatic carbocycles. The monoisotopic (exact) mass is 302 g/mol. The highest BCUT2D eigenvalue weighted by atomic mass is 32.1. The molecule has 3 heterocycles. The van der Waals surface area contributed by atoms with Gasteiger partial charge in [-0.3, -0.25) is 9.78 Å². The summed E-state index contributed by atoms with van der Waals surface area (Å²) in [6.45, 7) is 2.99. The average molecular weight is 302 g/mol. The van der Waals surface area contributed by atoms with Crippen molar-refractivity contribution >= 4 is 17.2 Å². The number of nitrogens with zero attached hydrogens (tertiary/aromatic N) is 2. The van der Waals surface area contributed by atoms with Crippen molar-refractivity contribution in [3.8, 4) is 0 Å². The minimum atomic E-state index is -0.475. The van der Waals surface area contributed by atoms with Gasteiger partial charge in [0.2, 0.25) is 0 Å². The van der Waals surface area contributed by atoms with Crippen molar-refractivity contribution in [2.45, 2.75) is 19.4 Å². The Bertz CT molecular complexity index is 626. The molecular formula is C16H18N2O2S. The number of aryl methyl sites for hydroxylation is 1. The molecule has 3 rings (SSSR count). The van der Waals surface area contributed by atoms with Crippen LogP contribution < -0.4 is 0 Å². The van der Waals surface area contributed by atoms with Gasteiger partial charge < -0.3 is 10.0 Å². The van der Waals surface area contributed by atoms with Crippen LogP contribution in [0.15, 0.2) is 36.5 Å². The molecule has 2 atom stereocenters. The molecule has 1 aliphatic heterocycles. The van der Waals surface area contributed by atoms with Gasteiger partial charge in [0.25, 0.3) is 5.91 Å². The number of aliphatic hydroxyl groups is 1. The predicted octanol–water partition coefficient (Wildman–Crippen LogP) is 2.13. The van der Waals surface area contributed by atoms with E-state index >= 15 is 0 Å². The van der Waals surface area contributed by atoms with Gasteiger partial charge in [0.05, 0.1) is 11.0 Å². The van der Waals surface area contributed by atoms with Gasteiger partial charge >= 0.3 is 0 Å². The van der Waals surface area contributed by atoms with Crippen molar-refractivity contribution in [1.29, 1.82) is 0 Å². The highest BCUT2D eigenvalue weighted by Crippen LogP contribution is 2.24. The van der Waals surface area contributed by atoms with E-state index in [1.54, 1.807) is 11.1 Å². The first-order valence-electron chi connectivity index (χ1n) is 7.07. The summed E-state index contributed by atoms with van der Waals surface area (Å²) in [6, 6.07) is 9.60. The largest absolute Gasteiger partial charge is 0.391 e. The Morgan fingerprint density at radius 3 is 2.90 bits per heavy atom. The van der Waals surface area contributed by atoms with E-state index in [9.17, 15) is 9.90 Å². The fourth-order valence-electron chi connectivity index (χ4n) is 2.71. The minimum Gasteiger partial charge on any atom is -0.391 e. The van der Waals surface area contributed by atoms with Gasteiger partial charge in [-0.15, -0.1) is 11.3 Å². The van der Waals surface area contributed by atoms with Gasteiger partial charge in [0.15, 0.2) is 0 Å². The average Bonchev–Trinajstić information content (AvgIpc) is 3.06. The van der Waals surface area contributed by atoms with Gasteiger partial charge in [-0.25, -0.2) is 0 Å². The first-order chi connectivity index (χ1) is 10.1. The maximum Gasteiger partial charge on any atom is 0.264 e. The van der Waals surface area contributed by atoms with E-state index in [1.165, 1.54) is 11.3 Å². The van der Waals surface area contributed by atoms with Crippen LogP contribution >= 0.6 is 11.3 Å². The Hall–Kier alpha value is -1.72. The van der Waals surface area contributed by atoms with Gasteiger partial charge in [-0.05, 0) is 37.6 Å². The van der Waals surface area contributed by atoms with Crippen LogP contribution in [0.2, 0.25) is 0 Å². The van der Waals surface area contributed by atoms with E-state index in [0.29, 0.717) is 19.5 Å². The Morgan fingerprint density at radius 1 is 1.38 bits per heavy atom. The SMILES string of the molecule is Cc1ccc(C(=O)N2C[C@@H](Cc3ccccn3)[C@H](O)C2)s1. The topological polar surface area (TPSA) is 53.4 Å². The molecule has 1 aliphatic rings. The number of pyridine rings is 1. The summed E-state index contributed by atoms with van der Waals surface area (Å²) in [4.78, 5) is 20.3. The number of rotatable bonds is 3. The fourth-order valence-corrected chi connectivity index (χ4v) is 3.55. The van der Waals surface area contributed by atoms with Crippen LogP contribution in [0.1, 0.15) is 20.2 Å². The lowest BCUT2D eigenvalue weighted by molar-refractivity contribution is 0.0769. The zero-order valence-electron chi connectivity index (χ0n) is 11.9. The molecule has 1 amide bonds. The summed E-state index contributed by atoms with van der Waals surface area (Å²) in [6.07, 6.45) is 1.99. The molecule has 4 nitrogen and oxygen atoms in total. The van der Waals surface area contributed by atoms with Crippen LogP contribution in [0.25, 0.3) is 0 Å². The van der Waals surface area contributed by atoms with Crippen molar-refractivity contribution in [3.05, 3.63) is 52.0 Å². The van der Waals surface area contributed by atoms with E-state index in [1.807, 2.05) is 37.3 Å². The van der Waals surface area contributed by atoms with Gasteiger partial charge in [0.1, 0.15) is 0 Å². The molecule has 1 N–H and O–H groups in total. The van der Waals surface area contributed by atoms with E-state index in [-0.39, 0.29) is 11.8 Å². The molecule has 5 heteroatoms. The van der Waals surface area contributed by atoms with Crippen molar-refractivity contribution in [1.82, 2.24) is 9.88 Å². The van der Waals surface area contributed by atoms with E-state index in [2.05, 4.69) is 4.98 Å². The summed E-state index contributed by atoms with van der Waals surface area (Å²) in [5.41, 5.74) is 0.961. The molecule has 0 bridgehead atoms. The Kier molecular flexibility index (Phi) is 4.03. The summed E-state index contributed by atoms with van der Waals surface area (Å²) in [5, 5.41) is 10.2. The molecule has 21 heavy (non-hydrogen) atoms. The lowest BCUT2D eigenvalue weighted by atomic mass is 10.00. The number of carbonyl (C=O) groups excluding carboxylic acids is 1. The highest BCUT2D eigenvalue weighted by molar-refractivity contribution is 7.13. The Labute approximate surface area is 128 Å². The smallest absolute Gasteiger partial charge is 0.264 e. The summed E-state index contributed by atoms with van der Waals surface area (Å²) >= 11 is 1.50. The quantitative estimate of drug-likeness (QED) is 0.945. The summed E-state index contributed by atoms with van der Waals surface area (Å²) in [5.74, 6) is 0.0839. The zero-order valence-corrected chi connectivity index (χ0v) is 12.7. The standard InChI is InChI=1S/C16H18N2O2S/c1-11-5-6-15(21-11)16(20)18-9-12(14(19)10-18)8-13-4-2-3-7-17-13/h2-7,12,14,19H,8-10H2,1H3/t12-,14-/m1/s1. The van der Waals surface area contributed by atoms with E-state index in [0.717, 1.165) is 15.4 Å². The number of aromatic nitrogens is 1. The van der Waals surface area contributed by atoms with Crippen LogP contribution in [0.3, 0.4) is 0 Å². The first kappa shape index (κ1) is 14.2. The number of aliphatic hydroxyl groups excluding tert-OH is 1. The van der Waals surface area contributed by atoms with Crippen molar-refractivity contribution in [3.63, 3.8) is 0 Å². The molecule has 2 aromatic heterocycles. The summed E-state index contributed by atoms with van der Waals surface area (Å²) in [7, 11) is 0. The second-order valence-corrected chi connectivity index (χ2v) is 6.76. The number of β-amino-alcohol motifs (C(OH)–C–C–N with tert-alkyl or cyclic N) is 1. The van der Waals surface area contributed by atoms with Crippen LogP contribution in [0.4, 0.5) is 0 Å². The van der Waals surface area contributed by atoms with E-state index < -0.39 is 6.10 Å². The van der Waals surface area contributed by atoms with E-state index in [4.69, 9.17) is 0 Å². The van der Waals surface area contributed by atoms with Crippen LogP contribution in [0, 0.1) is 12.8 Å². The number of likely N-dealkylation sites (tertiary alicyclic amines) is 1. The zero-order chi connectivity index (χ0) is 14.8. The number of thiophene rings is 1. The van der Waals surface area contributed by atoms with Crippen LogP contribution in [-0.2, 0) is 6.42 Å². The van der Waals surface area contributed by atoms with Gasteiger partial charge in [0, 0.05) is 35.8 Å². The molecule has 1 saturated heterocycles. The lowest BCUT2D eigenvalue weighted by Crippen LogP contribution is -2.28. The van der Waals surface area contributed by atoms with Crippen LogP contribution in [0.5, 0.6) is 0 Å². The Morgan fingerprint density at radius 2 is 2.24 bits per heavy atom. The van der Waals surface area contributed by atoms with Crippen molar-refractivity contribution < 1.29 is 9.90 Å². The fraction of sp³-hybridized carbons (Fsp3) is 0.375. The lowest BCUT2D eigenvalue weighted by Gasteiger charge is -2.15. The number of hydrogen-bond acceptors (Lipinski definition) is 4. The van der Waals surface area contributed by atoms with Gasteiger partial charge in [-0.1, -0.05) is 6.07 Å². The normalized spacial score (nSPS) is 21.7. The molecule has 2 aromatic rings. The highest BCUT2D eigenvalue weighted by Gasteiger charge is 2.34. The third-order valence-electron chi connectivity index (χ3n) is 3.84. The first-order valence-corrected chi connectivity index (χ1v) is 7.89. The van der Waals surface area contributed by atoms with Crippen molar-refractivity contribution in [2.75, 3.05) is 13.1 Å². The minimum absolute atomic E-state index is 0.0238. The van der Waals surface area contributed by atoms with Gasteiger partial charge in [-0.2, -0.15) is 0 Å². The third-order valence-corrected chi connectivity index (χ3v) is 4.83. The predicted molar refractivity (Wildman–Crippen MR) is 82.4 cm³/mol. The number of carbonyl (C=O) groups is 1. The maximum atomic E-state index is 12.4. The third kappa shape index (κ3) is 3.14. The van der Waals surface area contributed by atoms with Crippen LogP contribution in [-0.4, -0.2) is 40.1 Å². The molecule has 0 saturated carbocycles. The molecule has 0 radical (unpaired) electrons. The molecular weight excluding hydrogens is 284 g/mol. The molecule has 0 aliphatic carbocycles. The molecule has 0 spiro atoms. The number of amides is 1. The molecule has 0 unspecified atom stereocenters. The molecule has 1 fully saturated rings.